The van der Waals surface area contributed by atoms with Crippen LogP contribution < -0.4 is 5.32 Å². The highest BCUT2D eigenvalue weighted by Gasteiger charge is 2.40. The van der Waals surface area contributed by atoms with E-state index in [1.54, 1.807) is 0 Å². The lowest BCUT2D eigenvalue weighted by atomic mass is 9.86. The summed E-state index contributed by atoms with van der Waals surface area (Å²) in [5, 5.41) is 12.8. The van der Waals surface area contributed by atoms with Gasteiger partial charge in [0.25, 0.3) is 0 Å². The number of nitrogens with zero attached hydrogens (tertiary/aromatic N) is 2. The van der Waals surface area contributed by atoms with Gasteiger partial charge in [0.2, 0.25) is 11.0 Å². The van der Waals surface area contributed by atoms with E-state index in [0.29, 0.717) is 17.5 Å². The van der Waals surface area contributed by atoms with Gasteiger partial charge < -0.3 is 5.32 Å². The van der Waals surface area contributed by atoms with Gasteiger partial charge in [-0.1, -0.05) is 48.1 Å². The molecule has 1 heterocycles. The van der Waals surface area contributed by atoms with E-state index in [2.05, 4.69) is 27.6 Å². The number of fused-ring (bicyclic) bond motifs is 2. The molecular formula is C18H21N3OS. The first-order valence-electron chi connectivity index (χ1n) is 8.42. The number of nitrogens with one attached hydrogen (secondary N) is 1. The van der Waals surface area contributed by atoms with Crippen molar-refractivity contribution in [2.75, 3.05) is 5.32 Å². The number of rotatable bonds is 5. The van der Waals surface area contributed by atoms with Crippen molar-refractivity contribution in [3.8, 4) is 0 Å². The Morgan fingerprint density at radius 1 is 1.17 bits per heavy atom. The maximum absolute atomic E-state index is 12.2. The molecule has 0 saturated heterocycles. The molecule has 0 aliphatic heterocycles. The van der Waals surface area contributed by atoms with Crippen LogP contribution in [0.2, 0.25) is 0 Å². The molecule has 2 fully saturated rings. The number of carbonyl (C=O) groups excluding carboxylic acids is 1. The minimum Gasteiger partial charge on any atom is -0.301 e. The lowest BCUT2D eigenvalue weighted by Crippen LogP contribution is -2.20. The number of aromatic nitrogens is 2. The summed E-state index contributed by atoms with van der Waals surface area (Å²) in [6.07, 6.45) is 6.70. The zero-order valence-corrected chi connectivity index (χ0v) is 13.9. The second-order valence-corrected chi connectivity index (χ2v) is 7.91. The molecular weight excluding hydrogens is 306 g/mol. The fraction of sp³-hybridized carbons (Fsp3) is 0.500. The van der Waals surface area contributed by atoms with Gasteiger partial charge in [0, 0.05) is 12.8 Å². The fourth-order valence-corrected chi connectivity index (χ4v) is 4.97. The first kappa shape index (κ1) is 14.8. The molecule has 4 nitrogen and oxygen atoms in total. The molecule has 1 aromatic heterocycles. The van der Waals surface area contributed by atoms with E-state index in [1.165, 1.54) is 42.6 Å². The predicted octanol–water partition coefficient (Wildman–Crippen LogP) is 3.89. The monoisotopic (exact) mass is 327 g/mol. The maximum Gasteiger partial charge on any atom is 0.226 e. The van der Waals surface area contributed by atoms with E-state index in [4.69, 9.17) is 0 Å². The van der Waals surface area contributed by atoms with Crippen LogP contribution in [0.25, 0.3) is 0 Å². The average Bonchev–Trinajstić information content (AvgIpc) is 3.26. The van der Waals surface area contributed by atoms with Crippen LogP contribution in [0.5, 0.6) is 0 Å². The molecule has 0 unspecified atom stereocenters. The Morgan fingerprint density at radius 2 is 2.04 bits per heavy atom. The van der Waals surface area contributed by atoms with E-state index >= 15 is 0 Å². The van der Waals surface area contributed by atoms with Crippen molar-refractivity contribution >= 4 is 22.4 Å². The van der Waals surface area contributed by atoms with Crippen molar-refractivity contribution in [2.24, 2.45) is 17.8 Å². The number of hydrogen-bond acceptors (Lipinski definition) is 4. The Labute approximate surface area is 140 Å². The molecule has 2 aromatic rings. The minimum absolute atomic E-state index is 0.102. The number of benzene rings is 1. The van der Waals surface area contributed by atoms with Crippen molar-refractivity contribution < 1.29 is 4.79 Å². The van der Waals surface area contributed by atoms with Crippen molar-refractivity contribution in [2.45, 2.75) is 38.5 Å². The third-order valence-corrected chi connectivity index (χ3v) is 6.08. The van der Waals surface area contributed by atoms with Crippen molar-refractivity contribution in [1.29, 1.82) is 0 Å². The number of amides is 1. The highest BCUT2D eigenvalue weighted by atomic mass is 32.1. The van der Waals surface area contributed by atoms with Crippen LogP contribution >= 0.6 is 11.3 Å². The molecule has 2 aliphatic carbocycles. The van der Waals surface area contributed by atoms with Gasteiger partial charge in [-0.2, -0.15) is 0 Å². The topological polar surface area (TPSA) is 54.9 Å². The smallest absolute Gasteiger partial charge is 0.226 e. The van der Waals surface area contributed by atoms with E-state index in [1.807, 2.05) is 18.2 Å². The van der Waals surface area contributed by atoms with E-state index in [0.717, 1.165) is 23.3 Å². The lowest BCUT2D eigenvalue weighted by Gasteiger charge is -2.20. The molecule has 2 bridgehead atoms. The summed E-state index contributed by atoms with van der Waals surface area (Å²) in [6.45, 7) is 0. The molecule has 1 aromatic carbocycles. The summed E-state index contributed by atoms with van der Waals surface area (Å²) in [5.41, 5.74) is 1.21. The summed E-state index contributed by atoms with van der Waals surface area (Å²) >= 11 is 1.48. The first-order valence-corrected chi connectivity index (χ1v) is 9.24. The zero-order valence-electron chi connectivity index (χ0n) is 13.1. The van der Waals surface area contributed by atoms with Crippen LogP contribution in [-0.2, 0) is 11.2 Å². The molecule has 0 radical (unpaired) electrons. The van der Waals surface area contributed by atoms with Crippen LogP contribution in [0.15, 0.2) is 30.3 Å². The summed E-state index contributed by atoms with van der Waals surface area (Å²) < 4.78 is 0. The fourth-order valence-electron chi connectivity index (χ4n) is 4.18. The molecule has 23 heavy (non-hydrogen) atoms. The van der Waals surface area contributed by atoms with Crippen LogP contribution in [0.1, 0.15) is 42.7 Å². The van der Waals surface area contributed by atoms with E-state index in [-0.39, 0.29) is 5.91 Å². The lowest BCUT2D eigenvalue weighted by molar-refractivity contribution is -0.117. The second-order valence-electron chi connectivity index (χ2n) is 6.85. The summed E-state index contributed by atoms with van der Waals surface area (Å²) in [7, 11) is 0. The van der Waals surface area contributed by atoms with Gasteiger partial charge in [-0.15, -0.1) is 10.2 Å². The first-order chi connectivity index (χ1) is 11.3. The molecule has 2 saturated carbocycles. The number of carbonyl (C=O) groups is 1. The third kappa shape index (κ3) is 3.44. The van der Waals surface area contributed by atoms with Gasteiger partial charge in [-0.05, 0) is 42.6 Å². The molecule has 120 valence electrons. The minimum atomic E-state index is 0.102. The SMILES string of the molecule is O=C(C[C@@H]1C[C@@H]2CC[C@@H]1C2)Nc1nnc(Cc2ccccc2)s1. The number of anilines is 1. The predicted molar refractivity (Wildman–Crippen MR) is 91.3 cm³/mol. The van der Waals surface area contributed by atoms with Crippen molar-refractivity contribution in [3.63, 3.8) is 0 Å². The van der Waals surface area contributed by atoms with Gasteiger partial charge in [-0.3, -0.25) is 4.79 Å². The standard InChI is InChI=1S/C18H21N3OS/c22-16(11-15-9-13-6-7-14(15)8-13)19-18-21-20-17(23-18)10-12-4-2-1-3-5-12/h1-5,13-15H,6-11H2,(H,19,21,22)/t13-,14-,15+/m1/s1. The normalized spacial score (nSPS) is 25.7. The van der Waals surface area contributed by atoms with Crippen molar-refractivity contribution in [1.82, 2.24) is 10.2 Å². The summed E-state index contributed by atoms with van der Waals surface area (Å²) in [5.74, 6) is 2.36. The molecule has 2 aliphatic rings. The molecule has 4 rings (SSSR count). The molecule has 0 spiro atoms. The van der Waals surface area contributed by atoms with E-state index in [9.17, 15) is 4.79 Å². The summed E-state index contributed by atoms with van der Waals surface area (Å²) in [6, 6.07) is 10.2. The van der Waals surface area contributed by atoms with Gasteiger partial charge in [0.1, 0.15) is 5.01 Å². The molecule has 3 atom stereocenters. The molecule has 1 N–H and O–H groups in total. The highest BCUT2D eigenvalue weighted by molar-refractivity contribution is 7.15. The highest BCUT2D eigenvalue weighted by Crippen LogP contribution is 2.49. The summed E-state index contributed by atoms with van der Waals surface area (Å²) in [4.78, 5) is 12.2. The Kier molecular flexibility index (Phi) is 4.12. The van der Waals surface area contributed by atoms with Gasteiger partial charge in [0.15, 0.2) is 0 Å². The third-order valence-electron chi connectivity index (χ3n) is 5.24. The quantitative estimate of drug-likeness (QED) is 0.906. The van der Waals surface area contributed by atoms with Gasteiger partial charge in [-0.25, -0.2) is 0 Å². The Morgan fingerprint density at radius 3 is 2.78 bits per heavy atom. The van der Waals surface area contributed by atoms with Crippen LogP contribution in [0.3, 0.4) is 0 Å². The van der Waals surface area contributed by atoms with Crippen LogP contribution in [0, 0.1) is 17.8 Å². The Bertz CT molecular complexity index is 685. The van der Waals surface area contributed by atoms with Crippen molar-refractivity contribution in [3.05, 3.63) is 40.9 Å². The Hall–Kier alpha value is -1.75. The molecule has 5 heteroatoms. The van der Waals surface area contributed by atoms with Gasteiger partial charge in [0.05, 0.1) is 0 Å². The average molecular weight is 327 g/mol. The largest absolute Gasteiger partial charge is 0.301 e. The number of hydrogen-bond donors (Lipinski definition) is 1. The van der Waals surface area contributed by atoms with Gasteiger partial charge >= 0.3 is 0 Å². The Balaban J connectivity index is 1.31. The van der Waals surface area contributed by atoms with Crippen LogP contribution in [0.4, 0.5) is 5.13 Å². The zero-order chi connectivity index (χ0) is 15.6. The molecule has 1 amide bonds. The maximum atomic E-state index is 12.2. The van der Waals surface area contributed by atoms with E-state index < -0.39 is 0 Å². The van der Waals surface area contributed by atoms with Crippen LogP contribution in [-0.4, -0.2) is 16.1 Å². The second kappa shape index (κ2) is 6.40.